The van der Waals surface area contributed by atoms with E-state index in [9.17, 15) is 4.79 Å². The van der Waals surface area contributed by atoms with E-state index in [1.54, 1.807) is 7.11 Å². The first-order valence-electron chi connectivity index (χ1n) is 9.93. The van der Waals surface area contributed by atoms with Gasteiger partial charge in [-0.05, 0) is 24.1 Å². The molecule has 0 unspecified atom stereocenters. The lowest BCUT2D eigenvalue weighted by molar-refractivity contribution is 0.0385. The van der Waals surface area contributed by atoms with Gasteiger partial charge >= 0.3 is 6.03 Å². The van der Waals surface area contributed by atoms with E-state index >= 15 is 0 Å². The molecular weight excluding hydrogens is 344 g/mol. The second kappa shape index (κ2) is 10.5. The molecule has 2 aliphatic rings. The Kier molecular flexibility index (Phi) is 7.74. The molecule has 1 aromatic rings. The highest BCUT2D eigenvalue weighted by Crippen LogP contribution is 2.13. The summed E-state index contributed by atoms with van der Waals surface area (Å²) >= 11 is 0. The lowest BCUT2D eigenvalue weighted by atomic mass is 10.1. The van der Waals surface area contributed by atoms with E-state index in [0.29, 0.717) is 6.54 Å². The van der Waals surface area contributed by atoms with Gasteiger partial charge in [-0.3, -0.25) is 9.80 Å². The van der Waals surface area contributed by atoms with Crippen LogP contribution in [-0.4, -0.2) is 100.0 Å². The molecule has 2 amide bonds. The number of nitrogens with zero attached hydrogens (tertiary/aromatic N) is 3. The number of methoxy groups -OCH3 is 1. The molecule has 7 heteroatoms. The maximum Gasteiger partial charge on any atom is 0.317 e. The molecule has 7 nitrogen and oxygen atoms in total. The number of amides is 2. The van der Waals surface area contributed by atoms with Crippen molar-refractivity contribution in [2.45, 2.75) is 6.42 Å². The Morgan fingerprint density at radius 2 is 1.81 bits per heavy atom. The predicted octanol–water partition coefficient (Wildman–Crippen LogP) is 0.897. The van der Waals surface area contributed by atoms with Crippen LogP contribution < -0.4 is 10.1 Å². The van der Waals surface area contributed by atoms with Crippen LogP contribution in [0.15, 0.2) is 24.3 Å². The quantitative estimate of drug-likeness (QED) is 0.766. The highest BCUT2D eigenvalue weighted by Gasteiger charge is 2.21. The van der Waals surface area contributed by atoms with E-state index in [2.05, 4.69) is 27.2 Å². The van der Waals surface area contributed by atoms with Crippen LogP contribution in [0, 0.1) is 0 Å². The molecule has 0 radical (unpaired) electrons. The zero-order valence-electron chi connectivity index (χ0n) is 16.4. The average molecular weight is 377 g/mol. The first kappa shape index (κ1) is 19.9. The van der Waals surface area contributed by atoms with Gasteiger partial charge in [0, 0.05) is 58.9 Å². The number of piperazine rings is 1. The van der Waals surface area contributed by atoms with Crippen molar-refractivity contribution in [3.8, 4) is 5.75 Å². The molecule has 0 aliphatic carbocycles. The largest absolute Gasteiger partial charge is 0.497 e. The van der Waals surface area contributed by atoms with Crippen LogP contribution in [0.3, 0.4) is 0 Å². The average Bonchev–Trinajstić information content (AvgIpc) is 2.73. The van der Waals surface area contributed by atoms with Crippen molar-refractivity contribution in [1.29, 1.82) is 0 Å². The van der Waals surface area contributed by atoms with Crippen LogP contribution >= 0.6 is 0 Å². The SMILES string of the molecule is COc1cccc(CCN2CCN(C(=O)NCCN3CCOCC3)CC2)c1. The zero-order valence-corrected chi connectivity index (χ0v) is 16.4. The lowest BCUT2D eigenvalue weighted by Gasteiger charge is -2.35. The first-order valence-corrected chi connectivity index (χ1v) is 9.93. The highest BCUT2D eigenvalue weighted by molar-refractivity contribution is 5.74. The molecule has 3 rings (SSSR count). The summed E-state index contributed by atoms with van der Waals surface area (Å²) in [6.45, 7) is 9.58. The van der Waals surface area contributed by atoms with Gasteiger partial charge in [0.25, 0.3) is 0 Å². The first-order chi connectivity index (χ1) is 13.2. The summed E-state index contributed by atoms with van der Waals surface area (Å²) in [5.74, 6) is 0.908. The van der Waals surface area contributed by atoms with Gasteiger partial charge in [-0.2, -0.15) is 0 Å². The molecule has 1 N–H and O–H groups in total. The number of hydrogen-bond acceptors (Lipinski definition) is 5. The number of carbonyl (C=O) groups is 1. The molecule has 0 atom stereocenters. The Morgan fingerprint density at radius 3 is 2.56 bits per heavy atom. The molecule has 0 aromatic heterocycles. The van der Waals surface area contributed by atoms with Gasteiger partial charge in [0.05, 0.1) is 20.3 Å². The maximum absolute atomic E-state index is 12.3. The van der Waals surface area contributed by atoms with Gasteiger partial charge in [-0.25, -0.2) is 4.79 Å². The third kappa shape index (κ3) is 6.37. The van der Waals surface area contributed by atoms with Gasteiger partial charge in [0.2, 0.25) is 0 Å². The zero-order chi connectivity index (χ0) is 18.9. The summed E-state index contributed by atoms with van der Waals surface area (Å²) in [6.07, 6.45) is 1.00. The molecule has 2 aliphatic heterocycles. The van der Waals surface area contributed by atoms with Crippen molar-refractivity contribution in [3.63, 3.8) is 0 Å². The minimum Gasteiger partial charge on any atom is -0.497 e. The van der Waals surface area contributed by atoms with Crippen LogP contribution in [-0.2, 0) is 11.2 Å². The fourth-order valence-electron chi connectivity index (χ4n) is 3.55. The van der Waals surface area contributed by atoms with Crippen molar-refractivity contribution >= 4 is 6.03 Å². The molecule has 0 spiro atoms. The summed E-state index contributed by atoms with van der Waals surface area (Å²) in [5, 5.41) is 3.06. The van der Waals surface area contributed by atoms with Crippen LogP contribution in [0.4, 0.5) is 4.79 Å². The van der Waals surface area contributed by atoms with Crippen LogP contribution in [0.25, 0.3) is 0 Å². The molecule has 0 bridgehead atoms. The summed E-state index contributed by atoms with van der Waals surface area (Å²) in [4.78, 5) is 19.0. The standard InChI is InChI=1S/C20H32N4O3/c1-26-19-4-2-3-18(17-19)5-7-22-9-11-24(12-10-22)20(25)21-6-8-23-13-15-27-16-14-23/h2-4,17H,5-16H2,1H3,(H,21,25). The number of carbonyl (C=O) groups excluding carboxylic acids is 1. The van der Waals surface area contributed by atoms with Gasteiger partial charge in [-0.15, -0.1) is 0 Å². The van der Waals surface area contributed by atoms with E-state index in [1.807, 2.05) is 17.0 Å². The molecule has 2 saturated heterocycles. The Balaban J connectivity index is 1.31. The fourth-order valence-corrected chi connectivity index (χ4v) is 3.55. The fraction of sp³-hybridized carbons (Fsp3) is 0.650. The number of morpholine rings is 1. The topological polar surface area (TPSA) is 57.3 Å². The Labute approximate surface area is 162 Å². The molecule has 0 saturated carbocycles. The normalized spacial score (nSPS) is 19.1. The number of ether oxygens (including phenoxy) is 2. The number of urea groups is 1. The summed E-state index contributed by atoms with van der Waals surface area (Å²) in [7, 11) is 1.70. The van der Waals surface area contributed by atoms with E-state index < -0.39 is 0 Å². The van der Waals surface area contributed by atoms with Gasteiger partial charge in [0.15, 0.2) is 0 Å². The monoisotopic (exact) mass is 376 g/mol. The number of nitrogens with one attached hydrogen (secondary N) is 1. The summed E-state index contributed by atoms with van der Waals surface area (Å²) in [5.41, 5.74) is 1.29. The summed E-state index contributed by atoms with van der Waals surface area (Å²) in [6, 6.07) is 8.31. The van der Waals surface area contributed by atoms with Crippen LogP contribution in [0.2, 0.25) is 0 Å². The van der Waals surface area contributed by atoms with Gasteiger partial charge in [-0.1, -0.05) is 12.1 Å². The van der Waals surface area contributed by atoms with Crippen molar-refractivity contribution < 1.29 is 14.3 Å². The second-order valence-electron chi connectivity index (χ2n) is 7.12. The van der Waals surface area contributed by atoms with E-state index in [1.165, 1.54) is 5.56 Å². The third-order valence-electron chi connectivity index (χ3n) is 5.32. The number of hydrogen-bond donors (Lipinski definition) is 1. The molecule has 27 heavy (non-hydrogen) atoms. The van der Waals surface area contributed by atoms with Gasteiger partial charge < -0.3 is 19.7 Å². The minimum atomic E-state index is 0.0655. The predicted molar refractivity (Wildman–Crippen MR) is 105 cm³/mol. The molecular formula is C20H32N4O3. The smallest absolute Gasteiger partial charge is 0.317 e. The van der Waals surface area contributed by atoms with E-state index in [0.717, 1.165) is 77.7 Å². The van der Waals surface area contributed by atoms with Crippen molar-refractivity contribution in [2.24, 2.45) is 0 Å². The van der Waals surface area contributed by atoms with Gasteiger partial charge in [0.1, 0.15) is 5.75 Å². The van der Waals surface area contributed by atoms with Crippen LogP contribution in [0.5, 0.6) is 5.75 Å². The molecule has 150 valence electrons. The molecule has 1 aromatic carbocycles. The van der Waals surface area contributed by atoms with Crippen molar-refractivity contribution in [1.82, 2.24) is 20.0 Å². The molecule has 2 heterocycles. The Hall–Kier alpha value is -1.83. The van der Waals surface area contributed by atoms with E-state index in [4.69, 9.17) is 9.47 Å². The third-order valence-corrected chi connectivity index (χ3v) is 5.32. The maximum atomic E-state index is 12.3. The Bertz CT molecular complexity index is 584. The Morgan fingerprint density at radius 1 is 1.07 bits per heavy atom. The lowest BCUT2D eigenvalue weighted by Crippen LogP contribution is -2.53. The highest BCUT2D eigenvalue weighted by atomic mass is 16.5. The number of rotatable bonds is 7. The second-order valence-corrected chi connectivity index (χ2v) is 7.12. The van der Waals surface area contributed by atoms with E-state index in [-0.39, 0.29) is 6.03 Å². The number of benzene rings is 1. The minimum absolute atomic E-state index is 0.0655. The summed E-state index contributed by atoms with van der Waals surface area (Å²) < 4.78 is 10.6. The van der Waals surface area contributed by atoms with Crippen molar-refractivity contribution in [3.05, 3.63) is 29.8 Å². The molecule has 2 fully saturated rings. The van der Waals surface area contributed by atoms with Crippen LogP contribution in [0.1, 0.15) is 5.56 Å². The van der Waals surface area contributed by atoms with Crippen molar-refractivity contribution in [2.75, 3.05) is 79.2 Å².